The van der Waals surface area contributed by atoms with Crippen molar-refractivity contribution in [1.82, 2.24) is 4.90 Å². The molecule has 0 unspecified atom stereocenters. The van der Waals surface area contributed by atoms with E-state index in [0.717, 1.165) is 12.0 Å². The fraction of sp³-hybridized carbons (Fsp3) is 0.412. The summed E-state index contributed by atoms with van der Waals surface area (Å²) in [6.07, 6.45) is 4.28. The van der Waals surface area contributed by atoms with E-state index in [1.807, 2.05) is 30.3 Å². The monoisotopic (exact) mass is 305 g/mol. The topological polar surface area (TPSA) is 55.8 Å². The molecule has 120 valence electrons. The number of unbranched alkanes of at least 4 members (excludes halogenated alkanes) is 1. The van der Waals surface area contributed by atoms with Crippen molar-refractivity contribution < 1.29 is 19.1 Å². The van der Waals surface area contributed by atoms with Crippen LogP contribution in [0.25, 0.3) is 0 Å². The normalized spacial score (nSPS) is 10.5. The maximum atomic E-state index is 11.8. The van der Waals surface area contributed by atoms with Crippen molar-refractivity contribution in [3.63, 3.8) is 0 Å². The molecule has 1 aromatic carbocycles. The lowest BCUT2D eigenvalue weighted by Crippen LogP contribution is -2.28. The van der Waals surface area contributed by atoms with E-state index in [1.54, 1.807) is 20.0 Å². The van der Waals surface area contributed by atoms with E-state index in [4.69, 9.17) is 9.47 Å². The Morgan fingerprint density at radius 3 is 2.59 bits per heavy atom. The predicted molar refractivity (Wildman–Crippen MR) is 84.3 cm³/mol. The van der Waals surface area contributed by atoms with Gasteiger partial charge in [0, 0.05) is 19.7 Å². The average molecular weight is 305 g/mol. The smallest absolute Gasteiger partial charge is 0.409 e. The van der Waals surface area contributed by atoms with Gasteiger partial charge in [0.25, 0.3) is 0 Å². The SMILES string of the molecule is CCOC(=O)/C=C/CCCN(C)C(=O)OCc1ccccc1. The molecule has 0 spiro atoms. The van der Waals surface area contributed by atoms with Crippen LogP contribution < -0.4 is 0 Å². The van der Waals surface area contributed by atoms with Gasteiger partial charge in [0.1, 0.15) is 6.61 Å². The van der Waals surface area contributed by atoms with Gasteiger partial charge in [-0.05, 0) is 25.3 Å². The average Bonchev–Trinajstić information content (AvgIpc) is 2.53. The van der Waals surface area contributed by atoms with Crippen LogP contribution in [0.2, 0.25) is 0 Å². The molecule has 0 aliphatic heterocycles. The maximum Gasteiger partial charge on any atom is 0.409 e. The number of carbonyl (C=O) groups excluding carboxylic acids is 2. The Kier molecular flexibility index (Phi) is 8.42. The minimum Gasteiger partial charge on any atom is -0.463 e. The molecule has 0 saturated carbocycles. The summed E-state index contributed by atoms with van der Waals surface area (Å²) in [6, 6.07) is 9.55. The first-order chi connectivity index (χ1) is 10.6. The van der Waals surface area contributed by atoms with E-state index in [-0.39, 0.29) is 18.7 Å². The molecule has 0 N–H and O–H groups in total. The summed E-state index contributed by atoms with van der Waals surface area (Å²) >= 11 is 0. The number of carbonyl (C=O) groups is 2. The first-order valence-corrected chi connectivity index (χ1v) is 7.38. The van der Waals surface area contributed by atoms with Crippen LogP contribution in [-0.4, -0.2) is 37.2 Å². The second-order valence-electron chi connectivity index (χ2n) is 4.76. The van der Waals surface area contributed by atoms with Gasteiger partial charge < -0.3 is 14.4 Å². The fourth-order valence-corrected chi connectivity index (χ4v) is 1.74. The van der Waals surface area contributed by atoms with Crippen molar-refractivity contribution in [3.05, 3.63) is 48.0 Å². The van der Waals surface area contributed by atoms with E-state index in [9.17, 15) is 9.59 Å². The van der Waals surface area contributed by atoms with Crippen molar-refractivity contribution >= 4 is 12.1 Å². The molecular formula is C17H23NO4. The van der Waals surface area contributed by atoms with Crippen LogP contribution in [-0.2, 0) is 20.9 Å². The van der Waals surface area contributed by atoms with E-state index in [2.05, 4.69) is 0 Å². The highest BCUT2D eigenvalue weighted by Crippen LogP contribution is 2.03. The molecule has 1 rings (SSSR count). The lowest BCUT2D eigenvalue weighted by molar-refractivity contribution is -0.137. The van der Waals surface area contributed by atoms with Crippen LogP contribution >= 0.6 is 0 Å². The van der Waals surface area contributed by atoms with Crippen molar-refractivity contribution in [1.29, 1.82) is 0 Å². The standard InChI is InChI=1S/C17H23NO4/c1-3-21-16(19)12-8-5-9-13-18(2)17(20)22-14-15-10-6-4-7-11-15/h4,6-8,10-12H,3,5,9,13-14H2,1-2H3/b12-8+. The number of allylic oxidation sites excluding steroid dienone is 1. The van der Waals surface area contributed by atoms with Gasteiger partial charge >= 0.3 is 12.1 Å². The van der Waals surface area contributed by atoms with Crippen molar-refractivity contribution in [3.8, 4) is 0 Å². The summed E-state index contributed by atoms with van der Waals surface area (Å²) in [4.78, 5) is 24.4. The zero-order valence-corrected chi connectivity index (χ0v) is 13.2. The number of amides is 1. The molecule has 5 heteroatoms. The van der Waals surface area contributed by atoms with Gasteiger partial charge in [0.2, 0.25) is 0 Å². The summed E-state index contributed by atoms with van der Waals surface area (Å²) in [6.45, 7) is 2.98. The van der Waals surface area contributed by atoms with Crippen molar-refractivity contribution in [2.24, 2.45) is 0 Å². The molecule has 0 aliphatic rings. The third-order valence-electron chi connectivity index (χ3n) is 2.92. The van der Waals surface area contributed by atoms with Gasteiger partial charge in [-0.2, -0.15) is 0 Å². The Balaban J connectivity index is 2.17. The van der Waals surface area contributed by atoms with Gasteiger partial charge in [-0.25, -0.2) is 9.59 Å². The Morgan fingerprint density at radius 1 is 1.18 bits per heavy atom. The molecule has 0 bridgehead atoms. The molecular weight excluding hydrogens is 282 g/mol. The third kappa shape index (κ3) is 7.47. The number of esters is 1. The molecule has 0 fully saturated rings. The molecule has 1 aromatic rings. The first kappa shape index (κ1) is 17.8. The maximum absolute atomic E-state index is 11.8. The van der Waals surface area contributed by atoms with Gasteiger partial charge in [-0.15, -0.1) is 0 Å². The first-order valence-electron chi connectivity index (χ1n) is 7.38. The van der Waals surface area contributed by atoms with Gasteiger partial charge in [0.05, 0.1) is 6.61 Å². The van der Waals surface area contributed by atoms with Crippen LogP contribution in [0.3, 0.4) is 0 Å². The summed E-state index contributed by atoms with van der Waals surface area (Å²) < 4.78 is 9.98. The van der Waals surface area contributed by atoms with Crippen LogP contribution in [0.1, 0.15) is 25.3 Å². The molecule has 1 amide bonds. The molecule has 0 heterocycles. The lowest BCUT2D eigenvalue weighted by Gasteiger charge is -2.16. The van der Waals surface area contributed by atoms with Gasteiger partial charge in [-0.1, -0.05) is 36.4 Å². The van der Waals surface area contributed by atoms with Crippen LogP contribution in [0.5, 0.6) is 0 Å². The minimum absolute atomic E-state index is 0.271. The van der Waals surface area contributed by atoms with Gasteiger partial charge in [0.15, 0.2) is 0 Å². The largest absolute Gasteiger partial charge is 0.463 e. The molecule has 5 nitrogen and oxygen atoms in total. The summed E-state index contributed by atoms with van der Waals surface area (Å²) in [5.74, 6) is -0.335. The Hall–Kier alpha value is -2.30. The van der Waals surface area contributed by atoms with E-state index in [0.29, 0.717) is 19.6 Å². The predicted octanol–water partition coefficient (Wildman–Crippen LogP) is 3.15. The number of hydrogen-bond acceptors (Lipinski definition) is 4. The number of nitrogens with zero attached hydrogens (tertiary/aromatic N) is 1. The third-order valence-corrected chi connectivity index (χ3v) is 2.92. The van der Waals surface area contributed by atoms with E-state index in [1.165, 1.54) is 11.0 Å². The molecule has 22 heavy (non-hydrogen) atoms. The summed E-state index contributed by atoms with van der Waals surface area (Å²) in [7, 11) is 1.70. The second kappa shape index (κ2) is 10.4. The van der Waals surface area contributed by atoms with Gasteiger partial charge in [-0.3, -0.25) is 0 Å². The number of ether oxygens (including phenoxy) is 2. The Labute approximate surface area is 131 Å². The minimum atomic E-state index is -0.349. The Morgan fingerprint density at radius 2 is 1.91 bits per heavy atom. The van der Waals surface area contributed by atoms with Crippen LogP contribution in [0.4, 0.5) is 4.79 Å². The molecule has 0 radical (unpaired) electrons. The number of rotatable bonds is 8. The Bertz CT molecular complexity index is 485. The lowest BCUT2D eigenvalue weighted by atomic mass is 10.2. The van der Waals surface area contributed by atoms with Crippen LogP contribution in [0.15, 0.2) is 42.5 Å². The molecule has 0 aromatic heterocycles. The fourth-order valence-electron chi connectivity index (χ4n) is 1.74. The highest BCUT2D eigenvalue weighted by atomic mass is 16.6. The van der Waals surface area contributed by atoms with Crippen LogP contribution in [0, 0.1) is 0 Å². The molecule has 0 aliphatic carbocycles. The van der Waals surface area contributed by atoms with E-state index < -0.39 is 0 Å². The molecule has 0 saturated heterocycles. The van der Waals surface area contributed by atoms with E-state index >= 15 is 0 Å². The van der Waals surface area contributed by atoms with Crippen molar-refractivity contribution in [2.45, 2.75) is 26.4 Å². The molecule has 0 atom stereocenters. The number of benzene rings is 1. The quantitative estimate of drug-likeness (QED) is 0.420. The highest BCUT2D eigenvalue weighted by Gasteiger charge is 2.09. The zero-order chi connectivity index (χ0) is 16.2. The number of hydrogen-bond donors (Lipinski definition) is 0. The van der Waals surface area contributed by atoms with Crippen molar-refractivity contribution in [2.75, 3.05) is 20.2 Å². The highest BCUT2D eigenvalue weighted by molar-refractivity contribution is 5.81. The summed E-state index contributed by atoms with van der Waals surface area (Å²) in [5.41, 5.74) is 0.960. The summed E-state index contributed by atoms with van der Waals surface area (Å²) in [5, 5.41) is 0. The zero-order valence-electron chi connectivity index (χ0n) is 13.2. The second-order valence-corrected chi connectivity index (χ2v) is 4.76.